The van der Waals surface area contributed by atoms with E-state index in [4.69, 9.17) is 4.74 Å². The van der Waals surface area contributed by atoms with Crippen LogP contribution >= 0.6 is 0 Å². The van der Waals surface area contributed by atoms with Crippen molar-refractivity contribution < 1.29 is 14.5 Å². The summed E-state index contributed by atoms with van der Waals surface area (Å²) in [4.78, 5) is 28.0. The van der Waals surface area contributed by atoms with Crippen molar-refractivity contribution in [2.75, 3.05) is 45.7 Å². The van der Waals surface area contributed by atoms with Gasteiger partial charge in [0.2, 0.25) is 0 Å². The number of hydrogen-bond donors (Lipinski definition) is 1. The lowest BCUT2D eigenvalue weighted by atomic mass is 10.0. The van der Waals surface area contributed by atoms with Crippen LogP contribution in [0, 0.1) is 10.1 Å². The third-order valence-electron chi connectivity index (χ3n) is 5.46. The number of benzene rings is 2. The quantitative estimate of drug-likeness (QED) is 0.529. The number of anilines is 1. The molecule has 8 heteroatoms. The molecular formula is C22H28N4O4. The summed E-state index contributed by atoms with van der Waals surface area (Å²) in [5.41, 5.74) is 2.06. The number of rotatable bonds is 8. The number of carbonyl (C=O) groups excluding carboxylic acids is 1. The maximum atomic E-state index is 13.1. The summed E-state index contributed by atoms with van der Waals surface area (Å²) < 4.78 is 5.21. The van der Waals surface area contributed by atoms with E-state index in [0.29, 0.717) is 12.1 Å². The average Bonchev–Trinajstić information content (AvgIpc) is 3.28. The summed E-state index contributed by atoms with van der Waals surface area (Å²) >= 11 is 0. The highest BCUT2D eigenvalue weighted by Gasteiger charge is 2.23. The number of ether oxygens (including phenoxy) is 1. The molecule has 3 rings (SSSR count). The minimum absolute atomic E-state index is 0.0474. The van der Waals surface area contributed by atoms with E-state index in [-0.39, 0.29) is 17.6 Å². The number of amides is 1. The number of likely N-dealkylation sites (N-methyl/N-ethyl adjacent to an activating group) is 1. The van der Waals surface area contributed by atoms with Crippen molar-refractivity contribution in [3.63, 3.8) is 0 Å². The molecule has 30 heavy (non-hydrogen) atoms. The Morgan fingerprint density at radius 3 is 2.43 bits per heavy atom. The zero-order valence-corrected chi connectivity index (χ0v) is 17.6. The van der Waals surface area contributed by atoms with Crippen molar-refractivity contribution in [3.8, 4) is 5.75 Å². The van der Waals surface area contributed by atoms with Gasteiger partial charge in [-0.15, -0.1) is 0 Å². The highest BCUT2D eigenvalue weighted by Crippen LogP contribution is 2.29. The fourth-order valence-corrected chi connectivity index (χ4v) is 3.76. The molecule has 1 saturated heterocycles. The Labute approximate surface area is 176 Å². The topological polar surface area (TPSA) is 87.9 Å². The fraction of sp³-hybridized carbons (Fsp3) is 0.409. The number of non-ortho nitro benzene ring substituents is 1. The van der Waals surface area contributed by atoms with Crippen LogP contribution in [0.5, 0.6) is 5.75 Å². The first-order valence-electron chi connectivity index (χ1n) is 10.0. The normalized spacial score (nSPS) is 14.6. The molecule has 0 saturated carbocycles. The maximum Gasteiger partial charge on any atom is 0.270 e. The summed E-state index contributed by atoms with van der Waals surface area (Å²) in [6.45, 7) is 2.08. The summed E-state index contributed by atoms with van der Waals surface area (Å²) in [6, 6.07) is 12.2. The minimum atomic E-state index is -0.468. The highest BCUT2D eigenvalue weighted by molar-refractivity contribution is 6.00. The third kappa shape index (κ3) is 4.88. The van der Waals surface area contributed by atoms with Crippen LogP contribution in [-0.2, 0) is 0 Å². The highest BCUT2D eigenvalue weighted by atomic mass is 16.6. The smallest absolute Gasteiger partial charge is 0.270 e. The number of carbonyl (C=O) groups is 1. The van der Waals surface area contributed by atoms with Crippen molar-refractivity contribution in [2.45, 2.75) is 18.9 Å². The molecule has 1 unspecified atom stereocenters. The van der Waals surface area contributed by atoms with E-state index in [1.54, 1.807) is 13.2 Å². The molecular weight excluding hydrogens is 384 g/mol. The van der Waals surface area contributed by atoms with Crippen LogP contribution in [0.3, 0.4) is 0 Å². The van der Waals surface area contributed by atoms with Crippen LogP contribution < -0.4 is 15.0 Å². The van der Waals surface area contributed by atoms with Gasteiger partial charge in [-0.05, 0) is 50.7 Å². The van der Waals surface area contributed by atoms with E-state index >= 15 is 0 Å². The molecule has 0 aliphatic carbocycles. The summed E-state index contributed by atoms with van der Waals surface area (Å²) in [6.07, 6.45) is 2.11. The van der Waals surface area contributed by atoms with Crippen LogP contribution in [0.1, 0.15) is 34.8 Å². The van der Waals surface area contributed by atoms with E-state index < -0.39 is 4.92 Å². The van der Waals surface area contributed by atoms with Crippen molar-refractivity contribution in [3.05, 3.63) is 63.7 Å². The fourth-order valence-electron chi connectivity index (χ4n) is 3.76. The van der Waals surface area contributed by atoms with Crippen LogP contribution in [-0.4, -0.2) is 56.6 Å². The monoisotopic (exact) mass is 412 g/mol. The Morgan fingerprint density at radius 2 is 1.87 bits per heavy atom. The third-order valence-corrected chi connectivity index (χ3v) is 5.46. The standard InChI is InChI=1S/C22H28N4O4/c1-24(2)21(16-6-9-18(30-3)10-7-16)15-23-22(27)19-14-17(26(28)29)8-11-20(19)25-12-4-5-13-25/h6-11,14,21H,4-5,12-13,15H2,1-3H3,(H,23,27). The Hall–Kier alpha value is -3.13. The molecule has 8 nitrogen and oxygen atoms in total. The number of nitro benzene ring substituents is 1. The Bertz CT molecular complexity index is 893. The predicted octanol–water partition coefficient (Wildman–Crippen LogP) is 3.24. The van der Waals surface area contributed by atoms with E-state index in [2.05, 4.69) is 10.2 Å². The van der Waals surface area contributed by atoms with Gasteiger partial charge in [0.15, 0.2) is 0 Å². The first kappa shape index (κ1) is 21.6. The predicted molar refractivity (Wildman–Crippen MR) is 116 cm³/mol. The molecule has 1 N–H and O–H groups in total. The van der Waals surface area contributed by atoms with Gasteiger partial charge in [-0.1, -0.05) is 12.1 Å². The van der Waals surface area contributed by atoms with Crippen molar-refractivity contribution >= 4 is 17.3 Å². The Morgan fingerprint density at radius 1 is 1.20 bits per heavy atom. The number of nitro groups is 1. The molecule has 160 valence electrons. The summed E-state index contributed by atoms with van der Waals surface area (Å²) in [7, 11) is 5.52. The number of hydrogen-bond acceptors (Lipinski definition) is 6. The van der Waals surface area contributed by atoms with Gasteiger partial charge in [-0.2, -0.15) is 0 Å². The molecule has 2 aromatic carbocycles. The van der Waals surface area contributed by atoms with Crippen molar-refractivity contribution in [1.82, 2.24) is 10.2 Å². The van der Waals surface area contributed by atoms with Gasteiger partial charge in [0, 0.05) is 31.8 Å². The molecule has 0 bridgehead atoms. The molecule has 1 atom stereocenters. The molecule has 1 aliphatic heterocycles. The molecule has 1 aliphatic rings. The average molecular weight is 412 g/mol. The van der Waals surface area contributed by atoms with Crippen LogP contribution in [0.15, 0.2) is 42.5 Å². The van der Waals surface area contributed by atoms with Crippen molar-refractivity contribution in [2.24, 2.45) is 0 Å². The van der Waals surface area contributed by atoms with E-state index in [9.17, 15) is 14.9 Å². The van der Waals surface area contributed by atoms with Crippen LogP contribution in [0.25, 0.3) is 0 Å². The zero-order valence-electron chi connectivity index (χ0n) is 17.6. The molecule has 2 aromatic rings. The number of nitrogens with zero attached hydrogens (tertiary/aromatic N) is 3. The first-order chi connectivity index (χ1) is 14.4. The van der Waals surface area contributed by atoms with E-state index in [0.717, 1.165) is 42.9 Å². The largest absolute Gasteiger partial charge is 0.497 e. The lowest BCUT2D eigenvalue weighted by molar-refractivity contribution is -0.384. The second kappa shape index (κ2) is 9.58. The van der Waals surface area contributed by atoms with Crippen LogP contribution in [0.4, 0.5) is 11.4 Å². The summed E-state index contributed by atoms with van der Waals surface area (Å²) in [5, 5.41) is 14.2. The Balaban J connectivity index is 1.80. The molecule has 1 heterocycles. The van der Waals surface area contributed by atoms with Crippen LogP contribution in [0.2, 0.25) is 0 Å². The molecule has 1 fully saturated rings. The second-order valence-electron chi connectivity index (χ2n) is 7.62. The minimum Gasteiger partial charge on any atom is -0.497 e. The lowest BCUT2D eigenvalue weighted by Gasteiger charge is -2.26. The van der Waals surface area contributed by atoms with Gasteiger partial charge in [0.25, 0.3) is 11.6 Å². The number of methoxy groups -OCH3 is 1. The summed E-state index contributed by atoms with van der Waals surface area (Å²) in [5.74, 6) is 0.466. The molecule has 0 radical (unpaired) electrons. The Kier molecular flexibility index (Phi) is 6.89. The van der Waals surface area contributed by atoms with E-state index in [1.165, 1.54) is 12.1 Å². The van der Waals surface area contributed by atoms with Crippen molar-refractivity contribution in [1.29, 1.82) is 0 Å². The molecule has 1 amide bonds. The van der Waals surface area contributed by atoms with E-state index in [1.807, 2.05) is 43.3 Å². The van der Waals surface area contributed by atoms with Gasteiger partial charge in [-0.3, -0.25) is 14.9 Å². The van der Waals surface area contributed by atoms with Gasteiger partial charge in [0.05, 0.1) is 29.3 Å². The van der Waals surface area contributed by atoms with Gasteiger partial charge >= 0.3 is 0 Å². The maximum absolute atomic E-state index is 13.1. The second-order valence-corrected chi connectivity index (χ2v) is 7.62. The number of nitrogens with one attached hydrogen (secondary N) is 1. The van der Waals surface area contributed by atoms with Gasteiger partial charge in [0.1, 0.15) is 5.75 Å². The SMILES string of the molecule is COc1ccc(C(CNC(=O)c2cc([N+](=O)[O-])ccc2N2CCCC2)N(C)C)cc1. The molecule has 0 aromatic heterocycles. The van der Waals surface area contributed by atoms with Gasteiger partial charge < -0.3 is 19.9 Å². The first-order valence-corrected chi connectivity index (χ1v) is 10.0. The molecule has 0 spiro atoms. The van der Waals surface area contributed by atoms with Gasteiger partial charge in [-0.25, -0.2) is 0 Å². The lowest BCUT2D eigenvalue weighted by Crippen LogP contribution is -2.35. The zero-order chi connectivity index (χ0) is 21.7.